The predicted molar refractivity (Wildman–Crippen MR) is 170 cm³/mol. The van der Waals surface area contributed by atoms with E-state index < -0.39 is 0 Å². The van der Waals surface area contributed by atoms with E-state index in [1.807, 2.05) is 19.1 Å². The summed E-state index contributed by atoms with van der Waals surface area (Å²) in [6.45, 7) is 9.50. The van der Waals surface area contributed by atoms with Crippen molar-refractivity contribution in [1.82, 2.24) is 14.3 Å². The summed E-state index contributed by atoms with van der Waals surface area (Å²) in [4.78, 5) is 38.8. The van der Waals surface area contributed by atoms with Crippen molar-refractivity contribution in [3.63, 3.8) is 0 Å². The van der Waals surface area contributed by atoms with Gasteiger partial charge in [0.15, 0.2) is 0 Å². The SMILES string of the molecule is CCCCC(CC)CN1C(=O)C(=Cc2c(N3CCN(c4ccc(F)cc4)CC3)nc3ccc(C)cn3c2=O)SC1=S. The van der Waals surface area contributed by atoms with Crippen LogP contribution in [0.4, 0.5) is 15.9 Å². The molecule has 2 fully saturated rings. The second-order valence-corrected chi connectivity index (χ2v) is 12.4. The lowest BCUT2D eigenvalue weighted by Gasteiger charge is -2.37. The number of thioether (sulfide) groups is 1. The molecule has 0 N–H and O–H groups in total. The highest BCUT2D eigenvalue weighted by Gasteiger charge is 2.34. The maximum Gasteiger partial charge on any atom is 0.267 e. The van der Waals surface area contributed by atoms with E-state index in [9.17, 15) is 14.0 Å². The summed E-state index contributed by atoms with van der Waals surface area (Å²) in [7, 11) is 0. The minimum absolute atomic E-state index is 0.143. The van der Waals surface area contributed by atoms with Gasteiger partial charge in [-0.25, -0.2) is 9.37 Å². The zero-order chi connectivity index (χ0) is 29.1. The Balaban J connectivity index is 1.47. The van der Waals surface area contributed by atoms with Gasteiger partial charge in [-0.15, -0.1) is 0 Å². The van der Waals surface area contributed by atoms with Crippen molar-refractivity contribution < 1.29 is 9.18 Å². The van der Waals surface area contributed by atoms with E-state index >= 15 is 0 Å². The number of piperazine rings is 1. The normalized spacial score (nSPS) is 17.8. The third-order valence-corrected chi connectivity index (χ3v) is 9.27. The lowest BCUT2D eigenvalue weighted by Crippen LogP contribution is -2.47. The highest BCUT2D eigenvalue weighted by Crippen LogP contribution is 2.35. The third kappa shape index (κ3) is 6.33. The average Bonchev–Trinajstić information content (AvgIpc) is 3.24. The topological polar surface area (TPSA) is 61.2 Å². The number of aryl methyl sites for hydroxylation is 1. The fraction of sp³-hybridized carbons (Fsp3) is 0.419. The Morgan fingerprint density at radius 2 is 1.76 bits per heavy atom. The van der Waals surface area contributed by atoms with Crippen LogP contribution in [0.25, 0.3) is 11.7 Å². The van der Waals surface area contributed by atoms with Crippen molar-refractivity contribution >= 4 is 57.4 Å². The summed E-state index contributed by atoms with van der Waals surface area (Å²) < 4.78 is 15.5. The van der Waals surface area contributed by atoms with Crippen molar-refractivity contribution in [2.24, 2.45) is 5.92 Å². The molecule has 1 aromatic carbocycles. The lowest BCUT2D eigenvalue weighted by molar-refractivity contribution is -0.122. The van der Waals surface area contributed by atoms with E-state index in [1.165, 1.54) is 23.9 Å². The van der Waals surface area contributed by atoms with E-state index in [0.717, 1.165) is 36.9 Å². The van der Waals surface area contributed by atoms with Gasteiger partial charge in [0.1, 0.15) is 21.6 Å². The highest BCUT2D eigenvalue weighted by molar-refractivity contribution is 8.26. The molecule has 2 aliphatic rings. The standard InChI is InChI=1S/C31H36FN5O2S2/c1-4-6-7-22(5-2)20-37-30(39)26(41-31(37)40)18-25-28(33-27-13-8-21(3)19-36(27)29(25)38)35-16-14-34(15-17-35)24-11-9-23(32)10-12-24/h8-13,18-19,22H,4-7,14-17,20H2,1-3H3. The molecule has 5 rings (SSSR count). The van der Waals surface area contributed by atoms with Gasteiger partial charge in [0, 0.05) is 44.6 Å². The quantitative estimate of drug-likeness (QED) is 0.227. The first-order chi connectivity index (χ1) is 19.8. The number of carbonyl (C=O) groups is 1. The molecule has 1 amide bonds. The van der Waals surface area contributed by atoms with E-state index in [2.05, 4.69) is 23.6 Å². The first kappa shape index (κ1) is 29.3. The van der Waals surface area contributed by atoms with Gasteiger partial charge in [0.25, 0.3) is 11.5 Å². The molecule has 10 heteroatoms. The predicted octanol–water partition coefficient (Wildman–Crippen LogP) is 5.89. The molecular weight excluding hydrogens is 558 g/mol. The molecule has 216 valence electrons. The molecule has 0 radical (unpaired) electrons. The molecule has 2 aromatic heterocycles. The van der Waals surface area contributed by atoms with Crippen LogP contribution < -0.4 is 15.4 Å². The molecule has 1 atom stereocenters. The molecule has 0 aliphatic carbocycles. The van der Waals surface area contributed by atoms with Gasteiger partial charge in [0.05, 0.1) is 10.5 Å². The zero-order valence-corrected chi connectivity index (χ0v) is 25.4. The number of hydrogen-bond donors (Lipinski definition) is 0. The second-order valence-electron chi connectivity index (χ2n) is 10.7. The number of benzene rings is 1. The van der Waals surface area contributed by atoms with Crippen LogP contribution in [0, 0.1) is 18.7 Å². The number of carbonyl (C=O) groups excluding carboxylic acids is 1. The number of rotatable bonds is 9. The summed E-state index contributed by atoms with van der Waals surface area (Å²) in [6.07, 6.45) is 7.76. The fourth-order valence-corrected chi connectivity index (χ4v) is 6.66. The number of fused-ring (bicyclic) bond motifs is 1. The Labute approximate surface area is 250 Å². The molecule has 0 spiro atoms. The summed E-state index contributed by atoms with van der Waals surface area (Å²) >= 11 is 6.89. The van der Waals surface area contributed by atoms with E-state index in [1.54, 1.807) is 33.7 Å². The largest absolute Gasteiger partial charge is 0.368 e. The van der Waals surface area contributed by atoms with Crippen LogP contribution in [0.15, 0.2) is 52.3 Å². The van der Waals surface area contributed by atoms with Crippen LogP contribution in [0.3, 0.4) is 0 Å². The Morgan fingerprint density at radius 3 is 2.44 bits per heavy atom. The molecule has 0 saturated carbocycles. The molecule has 2 saturated heterocycles. The highest BCUT2D eigenvalue weighted by atomic mass is 32.2. The molecule has 7 nitrogen and oxygen atoms in total. The van der Waals surface area contributed by atoms with Gasteiger partial charge in [-0.05, 0) is 61.2 Å². The van der Waals surface area contributed by atoms with Gasteiger partial charge >= 0.3 is 0 Å². The molecule has 1 unspecified atom stereocenters. The first-order valence-electron chi connectivity index (χ1n) is 14.3. The Hall–Kier alpha value is -3.24. The maximum absolute atomic E-state index is 13.9. The van der Waals surface area contributed by atoms with Crippen molar-refractivity contribution in [3.05, 3.63) is 74.8 Å². The van der Waals surface area contributed by atoms with Crippen molar-refractivity contribution in [3.8, 4) is 0 Å². The average molecular weight is 594 g/mol. The number of hydrogen-bond acceptors (Lipinski definition) is 7. The number of anilines is 2. The monoisotopic (exact) mass is 593 g/mol. The van der Waals surface area contributed by atoms with Crippen LogP contribution >= 0.6 is 24.0 Å². The molecular formula is C31H36FN5O2S2. The van der Waals surface area contributed by atoms with Crippen LogP contribution in [0.1, 0.15) is 50.7 Å². The van der Waals surface area contributed by atoms with Crippen molar-refractivity contribution in [2.75, 3.05) is 42.5 Å². The van der Waals surface area contributed by atoms with E-state index in [0.29, 0.717) is 64.9 Å². The molecule has 2 aliphatic heterocycles. The Kier molecular flexibility index (Phi) is 9.09. The minimum Gasteiger partial charge on any atom is -0.368 e. The molecule has 0 bridgehead atoms. The molecule has 41 heavy (non-hydrogen) atoms. The van der Waals surface area contributed by atoms with Gasteiger partial charge in [-0.1, -0.05) is 63.2 Å². The number of nitrogens with zero attached hydrogens (tertiary/aromatic N) is 5. The van der Waals surface area contributed by atoms with Crippen molar-refractivity contribution in [1.29, 1.82) is 0 Å². The van der Waals surface area contributed by atoms with Crippen LogP contribution in [0.2, 0.25) is 0 Å². The Morgan fingerprint density at radius 1 is 1.05 bits per heavy atom. The number of amides is 1. The van der Waals surface area contributed by atoms with Crippen molar-refractivity contribution in [2.45, 2.75) is 46.5 Å². The van der Waals surface area contributed by atoms with E-state index in [4.69, 9.17) is 17.2 Å². The Bertz CT molecular complexity index is 1530. The van der Waals surface area contributed by atoms with E-state index in [-0.39, 0.29) is 17.3 Å². The van der Waals surface area contributed by atoms with Gasteiger partial charge in [0.2, 0.25) is 0 Å². The number of aromatic nitrogens is 2. The lowest BCUT2D eigenvalue weighted by atomic mass is 9.99. The minimum atomic E-state index is -0.260. The number of thiocarbonyl (C=S) groups is 1. The summed E-state index contributed by atoms with van der Waals surface area (Å²) in [5.74, 6) is 0.554. The maximum atomic E-state index is 13.9. The zero-order valence-electron chi connectivity index (χ0n) is 23.8. The summed E-state index contributed by atoms with van der Waals surface area (Å²) in [5.41, 5.74) is 2.64. The van der Waals surface area contributed by atoms with Gasteiger partial charge in [-0.2, -0.15) is 0 Å². The molecule has 4 heterocycles. The van der Waals surface area contributed by atoms with Gasteiger partial charge < -0.3 is 9.80 Å². The number of unbranched alkanes of at least 4 members (excludes halogenated alkanes) is 1. The van der Waals surface area contributed by atoms with Crippen LogP contribution in [-0.2, 0) is 4.79 Å². The molecule has 3 aromatic rings. The number of halogens is 1. The number of pyridine rings is 1. The first-order valence-corrected chi connectivity index (χ1v) is 15.5. The smallest absolute Gasteiger partial charge is 0.267 e. The van der Waals surface area contributed by atoms with Gasteiger partial charge in [-0.3, -0.25) is 18.9 Å². The fourth-order valence-electron chi connectivity index (χ4n) is 5.41. The van der Waals surface area contributed by atoms with Crippen LogP contribution in [-0.4, -0.2) is 57.2 Å². The summed E-state index contributed by atoms with van der Waals surface area (Å²) in [5, 5.41) is 0. The second kappa shape index (κ2) is 12.7. The van der Waals surface area contributed by atoms with Crippen LogP contribution in [0.5, 0.6) is 0 Å². The summed E-state index contributed by atoms with van der Waals surface area (Å²) in [6, 6.07) is 10.3. The third-order valence-electron chi connectivity index (χ3n) is 7.89.